The second-order valence-electron chi connectivity index (χ2n) is 3.28. The summed E-state index contributed by atoms with van der Waals surface area (Å²) in [6.45, 7) is 2.59. The van der Waals surface area contributed by atoms with Crippen LogP contribution in [-0.2, 0) is 5.75 Å². The molecule has 1 aromatic rings. The summed E-state index contributed by atoms with van der Waals surface area (Å²) in [5, 5.41) is 8.89. The molecule has 0 amide bonds. The Morgan fingerprint density at radius 1 is 1.60 bits per heavy atom. The molecule has 0 heterocycles. The summed E-state index contributed by atoms with van der Waals surface area (Å²) in [5.41, 5.74) is 6.44. The molecule has 0 fully saturated rings. The minimum Gasteiger partial charge on any atom is -0.329 e. The van der Waals surface area contributed by atoms with E-state index in [-0.39, 0.29) is 5.82 Å². The predicted molar refractivity (Wildman–Crippen MR) is 60.9 cm³/mol. The van der Waals surface area contributed by atoms with E-state index in [2.05, 4.69) is 0 Å². The maximum Gasteiger partial charge on any atom is 0.128 e. The molecule has 0 bridgehead atoms. The summed E-state index contributed by atoms with van der Waals surface area (Å²) >= 11 is 1.61. The van der Waals surface area contributed by atoms with Crippen molar-refractivity contribution in [1.29, 1.82) is 5.26 Å². The third kappa shape index (κ3) is 3.54. The molecule has 0 saturated heterocycles. The molecule has 0 aliphatic heterocycles. The van der Waals surface area contributed by atoms with Gasteiger partial charge in [-0.1, -0.05) is 13.0 Å². The SMILES string of the molecule is CC(CN)SCc1ccc(C#N)cc1F. The molecule has 0 aromatic heterocycles. The number of halogens is 1. The van der Waals surface area contributed by atoms with Crippen molar-refractivity contribution in [1.82, 2.24) is 0 Å². The smallest absolute Gasteiger partial charge is 0.128 e. The van der Waals surface area contributed by atoms with Gasteiger partial charge in [-0.25, -0.2) is 4.39 Å². The molecule has 2 nitrogen and oxygen atoms in total. The molecule has 0 spiro atoms. The van der Waals surface area contributed by atoms with Gasteiger partial charge in [0, 0.05) is 17.5 Å². The summed E-state index contributed by atoms with van der Waals surface area (Å²) in [7, 11) is 0. The van der Waals surface area contributed by atoms with Gasteiger partial charge in [0.25, 0.3) is 0 Å². The van der Waals surface area contributed by atoms with Crippen LogP contribution in [0.1, 0.15) is 18.1 Å². The first-order valence-corrected chi connectivity index (χ1v) is 5.72. The monoisotopic (exact) mass is 224 g/mol. The average molecular weight is 224 g/mol. The third-order valence-electron chi connectivity index (χ3n) is 2.04. The minimum atomic E-state index is -0.314. The Hall–Kier alpha value is -1.05. The van der Waals surface area contributed by atoms with Crippen LogP contribution in [-0.4, -0.2) is 11.8 Å². The van der Waals surface area contributed by atoms with E-state index < -0.39 is 0 Å². The van der Waals surface area contributed by atoms with Crippen molar-refractivity contribution in [2.75, 3.05) is 6.54 Å². The molecule has 80 valence electrons. The van der Waals surface area contributed by atoms with E-state index in [0.29, 0.717) is 28.7 Å². The zero-order chi connectivity index (χ0) is 11.3. The largest absolute Gasteiger partial charge is 0.329 e. The Morgan fingerprint density at radius 2 is 2.33 bits per heavy atom. The summed E-state index contributed by atoms with van der Waals surface area (Å²) < 4.78 is 13.4. The van der Waals surface area contributed by atoms with Crippen LogP contribution in [0.15, 0.2) is 18.2 Å². The number of benzene rings is 1. The molecule has 1 aromatic carbocycles. The molecular formula is C11H13FN2S. The van der Waals surface area contributed by atoms with E-state index in [9.17, 15) is 4.39 Å². The average Bonchev–Trinajstić information content (AvgIpc) is 2.26. The Kier molecular flexibility index (Phi) is 4.60. The summed E-state index contributed by atoms with van der Waals surface area (Å²) in [4.78, 5) is 0. The van der Waals surface area contributed by atoms with Crippen molar-refractivity contribution in [2.45, 2.75) is 17.9 Å². The third-order valence-corrected chi connectivity index (χ3v) is 3.28. The lowest BCUT2D eigenvalue weighted by Gasteiger charge is -2.08. The molecule has 0 aliphatic carbocycles. The number of thioether (sulfide) groups is 1. The number of rotatable bonds is 4. The van der Waals surface area contributed by atoms with Crippen LogP contribution in [0.3, 0.4) is 0 Å². The molecule has 0 aliphatic rings. The normalized spacial score (nSPS) is 12.1. The highest BCUT2D eigenvalue weighted by Gasteiger charge is 2.06. The van der Waals surface area contributed by atoms with E-state index in [0.717, 1.165) is 0 Å². The van der Waals surface area contributed by atoms with Crippen LogP contribution >= 0.6 is 11.8 Å². The van der Waals surface area contributed by atoms with Gasteiger partial charge in [-0.3, -0.25) is 0 Å². The van der Waals surface area contributed by atoms with Crippen LogP contribution in [0.25, 0.3) is 0 Å². The molecule has 4 heteroatoms. The van der Waals surface area contributed by atoms with E-state index in [4.69, 9.17) is 11.0 Å². The molecule has 2 N–H and O–H groups in total. The van der Waals surface area contributed by atoms with Gasteiger partial charge in [0.2, 0.25) is 0 Å². The van der Waals surface area contributed by atoms with Crippen LogP contribution in [0.4, 0.5) is 4.39 Å². The molecule has 0 saturated carbocycles. The maximum absolute atomic E-state index is 13.4. The number of hydrogen-bond acceptors (Lipinski definition) is 3. The second-order valence-corrected chi connectivity index (χ2v) is 4.70. The van der Waals surface area contributed by atoms with Crippen molar-refractivity contribution in [3.8, 4) is 6.07 Å². The highest BCUT2D eigenvalue weighted by molar-refractivity contribution is 7.99. The fourth-order valence-corrected chi connectivity index (χ4v) is 1.87. The Labute approximate surface area is 93.3 Å². The number of nitrogens with zero attached hydrogens (tertiary/aromatic N) is 1. The maximum atomic E-state index is 13.4. The van der Waals surface area contributed by atoms with E-state index in [1.165, 1.54) is 6.07 Å². The van der Waals surface area contributed by atoms with E-state index in [1.54, 1.807) is 23.9 Å². The first-order chi connectivity index (χ1) is 7.17. The van der Waals surface area contributed by atoms with Gasteiger partial charge in [0.15, 0.2) is 0 Å². The Morgan fingerprint density at radius 3 is 2.87 bits per heavy atom. The van der Waals surface area contributed by atoms with Gasteiger partial charge >= 0.3 is 0 Å². The zero-order valence-corrected chi connectivity index (χ0v) is 9.35. The van der Waals surface area contributed by atoms with E-state index >= 15 is 0 Å². The van der Waals surface area contributed by atoms with Crippen molar-refractivity contribution in [3.05, 3.63) is 35.1 Å². The van der Waals surface area contributed by atoms with Crippen LogP contribution in [0.5, 0.6) is 0 Å². The quantitative estimate of drug-likeness (QED) is 0.853. The number of nitrogens with two attached hydrogens (primary N) is 1. The molecule has 1 unspecified atom stereocenters. The molecule has 1 rings (SSSR count). The second kappa shape index (κ2) is 5.74. The summed E-state index contributed by atoms with van der Waals surface area (Å²) in [6, 6.07) is 6.46. The first kappa shape index (κ1) is 12.0. The van der Waals surface area contributed by atoms with Crippen molar-refractivity contribution in [2.24, 2.45) is 5.73 Å². The van der Waals surface area contributed by atoms with Crippen LogP contribution in [0, 0.1) is 17.1 Å². The molecule has 0 radical (unpaired) electrons. The van der Waals surface area contributed by atoms with Crippen LogP contribution in [0.2, 0.25) is 0 Å². The molecule has 1 atom stereocenters. The van der Waals surface area contributed by atoms with E-state index in [1.807, 2.05) is 13.0 Å². The van der Waals surface area contributed by atoms with Gasteiger partial charge in [0.05, 0.1) is 11.6 Å². The fourth-order valence-electron chi connectivity index (χ4n) is 1.03. The minimum absolute atomic E-state index is 0.314. The van der Waals surface area contributed by atoms with Gasteiger partial charge in [-0.15, -0.1) is 0 Å². The van der Waals surface area contributed by atoms with Gasteiger partial charge < -0.3 is 5.73 Å². The highest BCUT2D eigenvalue weighted by atomic mass is 32.2. The van der Waals surface area contributed by atoms with Crippen LogP contribution < -0.4 is 5.73 Å². The topological polar surface area (TPSA) is 49.8 Å². The molecular weight excluding hydrogens is 211 g/mol. The van der Waals surface area contributed by atoms with Gasteiger partial charge in [-0.05, 0) is 17.7 Å². The zero-order valence-electron chi connectivity index (χ0n) is 8.53. The van der Waals surface area contributed by atoms with Crippen molar-refractivity contribution >= 4 is 11.8 Å². The number of hydrogen-bond donors (Lipinski definition) is 1. The lowest BCUT2D eigenvalue weighted by atomic mass is 10.1. The van der Waals surface area contributed by atoms with Gasteiger partial charge in [0.1, 0.15) is 5.82 Å². The lowest BCUT2D eigenvalue weighted by molar-refractivity contribution is 0.616. The summed E-state index contributed by atoms with van der Waals surface area (Å²) in [5.74, 6) is 0.279. The Bertz CT molecular complexity index is 373. The fraction of sp³-hybridized carbons (Fsp3) is 0.364. The molecule has 15 heavy (non-hydrogen) atoms. The first-order valence-electron chi connectivity index (χ1n) is 4.67. The standard InChI is InChI=1S/C11H13FN2S/c1-8(5-13)15-7-10-3-2-9(6-14)4-11(10)12/h2-4,8H,5,7,13H2,1H3. The van der Waals surface area contributed by atoms with Gasteiger partial charge in [-0.2, -0.15) is 17.0 Å². The number of nitriles is 1. The van der Waals surface area contributed by atoms with Crippen molar-refractivity contribution < 1.29 is 4.39 Å². The predicted octanol–water partition coefficient (Wildman–Crippen LogP) is 2.28. The highest BCUT2D eigenvalue weighted by Crippen LogP contribution is 2.19. The van der Waals surface area contributed by atoms with Crippen molar-refractivity contribution in [3.63, 3.8) is 0 Å². The lowest BCUT2D eigenvalue weighted by Crippen LogP contribution is -2.12. The Balaban J connectivity index is 2.67. The summed E-state index contributed by atoms with van der Waals surface area (Å²) in [6.07, 6.45) is 0.